The summed E-state index contributed by atoms with van der Waals surface area (Å²) in [7, 11) is 0. The summed E-state index contributed by atoms with van der Waals surface area (Å²) in [5.41, 5.74) is 0.910. The minimum absolute atomic E-state index is 0.0939. The Hall–Kier alpha value is -1.20. The molecule has 0 saturated carbocycles. The van der Waals surface area contributed by atoms with E-state index in [0.717, 1.165) is 0 Å². The van der Waals surface area contributed by atoms with Gasteiger partial charge in [-0.1, -0.05) is 6.07 Å². The number of hydrogen-bond donors (Lipinski definition) is 1. The zero-order valence-corrected chi connectivity index (χ0v) is 7.34. The van der Waals surface area contributed by atoms with Crippen molar-refractivity contribution in [3.8, 4) is 0 Å². The molecular formula is C8H6O4S. The van der Waals surface area contributed by atoms with Gasteiger partial charge in [-0.3, -0.25) is 0 Å². The quantitative estimate of drug-likeness (QED) is 0.538. The van der Waals surface area contributed by atoms with Crippen molar-refractivity contribution in [2.75, 3.05) is 0 Å². The van der Waals surface area contributed by atoms with Crippen LogP contribution in [0.25, 0.3) is 0 Å². The molecule has 1 unspecified atom stereocenters. The van der Waals surface area contributed by atoms with Crippen molar-refractivity contribution in [3.05, 3.63) is 29.3 Å². The second-order valence-corrected chi connectivity index (χ2v) is 3.55. The maximum atomic E-state index is 11.0. The maximum Gasteiger partial charge on any atom is 0.338 e. The first-order valence-electron chi connectivity index (χ1n) is 3.60. The van der Waals surface area contributed by atoms with E-state index in [4.69, 9.17) is 9.29 Å². The van der Waals surface area contributed by atoms with Crippen LogP contribution < -0.4 is 0 Å². The number of esters is 1. The molecule has 13 heavy (non-hydrogen) atoms. The number of carbonyl (C=O) groups excluding carboxylic acids is 1. The van der Waals surface area contributed by atoms with Crippen LogP contribution in [0, 0.1) is 0 Å². The molecule has 2 rings (SSSR count). The van der Waals surface area contributed by atoms with Crippen LogP contribution in [-0.4, -0.2) is 14.7 Å². The van der Waals surface area contributed by atoms with Gasteiger partial charge in [0.05, 0.1) is 10.5 Å². The van der Waals surface area contributed by atoms with Crippen molar-refractivity contribution < 1.29 is 18.3 Å². The van der Waals surface area contributed by atoms with E-state index in [2.05, 4.69) is 0 Å². The van der Waals surface area contributed by atoms with Gasteiger partial charge in [-0.05, 0) is 12.1 Å². The summed E-state index contributed by atoms with van der Waals surface area (Å²) in [5, 5.41) is 0. The van der Waals surface area contributed by atoms with Gasteiger partial charge in [0.1, 0.15) is 6.61 Å². The fraction of sp³-hybridized carbons (Fsp3) is 0.125. The molecule has 1 atom stereocenters. The molecule has 5 heteroatoms. The van der Waals surface area contributed by atoms with Gasteiger partial charge in [0.25, 0.3) is 0 Å². The highest BCUT2D eigenvalue weighted by Crippen LogP contribution is 2.24. The fourth-order valence-electron chi connectivity index (χ4n) is 1.28. The van der Waals surface area contributed by atoms with E-state index in [1.165, 1.54) is 6.07 Å². The van der Waals surface area contributed by atoms with Crippen molar-refractivity contribution in [1.29, 1.82) is 0 Å². The summed E-state index contributed by atoms with van der Waals surface area (Å²) in [6, 6.07) is 4.66. The molecule has 0 bridgehead atoms. The van der Waals surface area contributed by atoms with Gasteiger partial charge in [-0.15, -0.1) is 0 Å². The molecular weight excluding hydrogens is 192 g/mol. The molecule has 1 aromatic rings. The highest BCUT2D eigenvalue weighted by atomic mass is 32.2. The number of ether oxygens (including phenoxy) is 1. The van der Waals surface area contributed by atoms with Crippen LogP contribution in [0.3, 0.4) is 0 Å². The van der Waals surface area contributed by atoms with Gasteiger partial charge in [-0.2, -0.15) is 0 Å². The van der Waals surface area contributed by atoms with Gasteiger partial charge in [-0.25, -0.2) is 9.00 Å². The number of carbonyl (C=O) groups is 1. The SMILES string of the molecule is O=C1OCc2c1cccc2S(=O)O. The first-order chi connectivity index (χ1) is 6.20. The van der Waals surface area contributed by atoms with Crippen LogP contribution in [0.2, 0.25) is 0 Å². The smallest absolute Gasteiger partial charge is 0.338 e. The van der Waals surface area contributed by atoms with Gasteiger partial charge < -0.3 is 9.29 Å². The molecule has 0 fully saturated rings. The minimum Gasteiger partial charge on any atom is -0.457 e. The zero-order chi connectivity index (χ0) is 9.42. The first-order valence-corrected chi connectivity index (χ1v) is 4.70. The molecule has 0 amide bonds. The highest BCUT2D eigenvalue weighted by Gasteiger charge is 2.24. The molecule has 0 aromatic heterocycles. The normalized spacial score (nSPS) is 16.5. The van der Waals surface area contributed by atoms with E-state index in [9.17, 15) is 9.00 Å². The summed E-state index contributed by atoms with van der Waals surface area (Å²) in [6.07, 6.45) is 0. The molecule has 1 heterocycles. The Kier molecular flexibility index (Phi) is 1.90. The summed E-state index contributed by atoms with van der Waals surface area (Å²) >= 11 is -2.06. The Bertz CT molecular complexity index is 399. The lowest BCUT2D eigenvalue weighted by atomic mass is 10.1. The summed E-state index contributed by atoms with van der Waals surface area (Å²) in [5.74, 6) is -0.428. The van der Waals surface area contributed by atoms with Crippen LogP contribution in [-0.2, 0) is 22.4 Å². The van der Waals surface area contributed by atoms with Crippen molar-refractivity contribution in [1.82, 2.24) is 0 Å². The first kappa shape index (κ1) is 8.40. The van der Waals surface area contributed by atoms with Crippen LogP contribution in [0.15, 0.2) is 23.1 Å². The van der Waals surface area contributed by atoms with Crippen LogP contribution >= 0.6 is 0 Å². The molecule has 0 saturated heterocycles. The number of hydrogen-bond acceptors (Lipinski definition) is 3. The number of fused-ring (bicyclic) bond motifs is 1. The minimum atomic E-state index is -2.06. The molecule has 0 spiro atoms. The Morgan fingerprint density at radius 2 is 2.23 bits per heavy atom. The number of benzene rings is 1. The summed E-state index contributed by atoms with van der Waals surface area (Å²) < 4.78 is 24.4. The van der Waals surface area contributed by atoms with E-state index in [0.29, 0.717) is 11.1 Å². The number of rotatable bonds is 1. The van der Waals surface area contributed by atoms with E-state index < -0.39 is 17.0 Å². The third kappa shape index (κ3) is 1.26. The largest absolute Gasteiger partial charge is 0.457 e. The predicted octanol–water partition coefficient (Wildman–Crippen LogP) is 0.938. The standard InChI is InChI=1S/C8H6O4S/c9-8-5-2-1-3-7(13(10)11)6(5)4-12-8/h1-3H,4H2,(H,10,11). The van der Waals surface area contributed by atoms with Gasteiger partial charge in [0.2, 0.25) is 0 Å². The maximum absolute atomic E-state index is 11.0. The Balaban J connectivity index is 2.63. The summed E-state index contributed by atoms with van der Waals surface area (Å²) in [4.78, 5) is 11.3. The van der Waals surface area contributed by atoms with Crippen molar-refractivity contribution in [2.45, 2.75) is 11.5 Å². The third-order valence-corrected chi connectivity index (χ3v) is 2.65. The predicted molar refractivity (Wildman–Crippen MR) is 44.6 cm³/mol. The fourth-order valence-corrected chi connectivity index (χ4v) is 1.86. The van der Waals surface area contributed by atoms with Crippen LogP contribution in [0.5, 0.6) is 0 Å². The monoisotopic (exact) mass is 198 g/mol. The highest BCUT2D eigenvalue weighted by molar-refractivity contribution is 7.79. The third-order valence-electron chi connectivity index (χ3n) is 1.89. The van der Waals surface area contributed by atoms with Crippen molar-refractivity contribution in [2.24, 2.45) is 0 Å². The molecule has 1 aromatic carbocycles. The second kappa shape index (κ2) is 2.93. The van der Waals surface area contributed by atoms with Crippen LogP contribution in [0.1, 0.15) is 15.9 Å². The average Bonchev–Trinajstić information content (AvgIpc) is 2.48. The average molecular weight is 198 g/mol. The molecule has 68 valence electrons. The number of cyclic esters (lactones) is 1. The molecule has 0 aliphatic carbocycles. The molecule has 4 nitrogen and oxygen atoms in total. The zero-order valence-electron chi connectivity index (χ0n) is 6.52. The van der Waals surface area contributed by atoms with E-state index in [1.54, 1.807) is 12.1 Å². The lowest BCUT2D eigenvalue weighted by molar-refractivity contribution is 0.0534. The van der Waals surface area contributed by atoms with E-state index >= 15 is 0 Å². The summed E-state index contributed by atoms with van der Waals surface area (Å²) in [6.45, 7) is 0.0939. The topological polar surface area (TPSA) is 63.6 Å². The van der Waals surface area contributed by atoms with Crippen molar-refractivity contribution >= 4 is 17.0 Å². The van der Waals surface area contributed by atoms with Crippen molar-refractivity contribution in [3.63, 3.8) is 0 Å². The van der Waals surface area contributed by atoms with Gasteiger partial charge in [0, 0.05) is 5.56 Å². The Morgan fingerprint density at radius 3 is 2.92 bits per heavy atom. The lowest BCUT2D eigenvalue weighted by Crippen LogP contribution is -1.96. The lowest BCUT2D eigenvalue weighted by Gasteiger charge is -1.99. The molecule has 1 aliphatic heterocycles. The Morgan fingerprint density at radius 1 is 1.46 bits per heavy atom. The Labute approximate surface area is 76.8 Å². The van der Waals surface area contributed by atoms with Crippen LogP contribution in [0.4, 0.5) is 0 Å². The van der Waals surface area contributed by atoms with E-state index in [-0.39, 0.29) is 11.5 Å². The molecule has 1 N–H and O–H groups in total. The second-order valence-electron chi connectivity index (χ2n) is 2.61. The van der Waals surface area contributed by atoms with E-state index in [1.807, 2.05) is 0 Å². The van der Waals surface area contributed by atoms with Gasteiger partial charge >= 0.3 is 5.97 Å². The van der Waals surface area contributed by atoms with Gasteiger partial charge in [0.15, 0.2) is 11.1 Å². The molecule has 0 radical (unpaired) electrons. The molecule has 1 aliphatic rings.